The third kappa shape index (κ3) is 15.0. The Labute approximate surface area is 148 Å². The smallest absolute Gasteiger partial charge is 0.0351 e. The van der Waals surface area contributed by atoms with Gasteiger partial charge in [0.25, 0.3) is 0 Å². The molecule has 0 fully saturated rings. The zero-order chi connectivity index (χ0) is 17.2. The summed E-state index contributed by atoms with van der Waals surface area (Å²) in [7, 11) is 0. The molecule has 0 aromatic heterocycles. The van der Waals surface area contributed by atoms with Crippen LogP contribution in [0.1, 0.15) is 124 Å². The summed E-state index contributed by atoms with van der Waals surface area (Å²) in [5, 5.41) is 0. The van der Waals surface area contributed by atoms with Crippen LogP contribution in [0.25, 0.3) is 0 Å². The fraction of sp³-hybridized carbons (Fsp3) is 0.913. The lowest BCUT2D eigenvalue weighted by Crippen LogP contribution is -2.08. The number of hydrogen-bond acceptors (Lipinski definition) is 0. The SMILES string of the molecule is CCC=CCCCCCC(CC)CC(CC)CCCCCCC. The molecule has 0 bridgehead atoms. The Kier molecular flexibility index (Phi) is 17.9. The molecule has 0 aliphatic carbocycles. The first kappa shape index (κ1) is 22.7. The zero-order valence-corrected chi connectivity index (χ0v) is 16.9. The van der Waals surface area contributed by atoms with Crippen LogP contribution in [-0.4, -0.2) is 0 Å². The van der Waals surface area contributed by atoms with Crippen molar-refractivity contribution in [2.75, 3.05) is 0 Å². The second kappa shape index (κ2) is 18.1. The zero-order valence-electron chi connectivity index (χ0n) is 16.9. The van der Waals surface area contributed by atoms with Crippen molar-refractivity contribution in [1.82, 2.24) is 0 Å². The van der Waals surface area contributed by atoms with Crippen LogP contribution in [0, 0.1) is 11.8 Å². The van der Waals surface area contributed by atoms with Gasteiger partial charge < -0.3 is 0 Å². The summed E-state index contributed by atoms with van der Waals surface area (Å²) < 4.78 is 0. The van der Waals surface area contributed by atoms with E-state index in [9.17, 15) is 0 Å². The standard InChI is InChI=1S/C23H46/c1-5-9-11-13-14-16-18-20-23(8-4)21-22(7-3)19-17-15-12-10-6-2/h9,11,22-23H,5-8,10,12-21H2,1-4H3. The van der Waals surface area contributed by atoms with Crippen LogP contribution in [0.3, 0.4) is 0 Å². The van der Waals surface area contributed by atoms with Crippen LogP contribution in [0.5, 0.6) is 0 Å². The molecule has 0 nitrogen and oxygen atoms in total. The van der Waals surface area contributed by atoms with E-state index in [1.54, 1.807) is 0 Å². The molecular formula is C23H46. The largest absolute Gasteiger partial charge is 0.0888 e. The quantitative estimate of drug-likeness (QED) is 0.185. The van der Waals surface area contributed by atoms with E-state index in [0.717, 1.165) is 11.8 Å². The molecule has 0 aromatic rings. The van der Waals surface area contributed by atoms with Gasteiger partial charge >= 0.3 is 0 Å². The molecule has 0 amide bonds. The van der Waals surface area contributed by atoms with Crippen molar-refractivity contribution >= 4 is 0 Å². The van der Waals surface area contributed by atoms with Crippen molar-refractivity contribution in [1.29, 1.82) is 0 Å². The fourth-order valence-corrected chi connectivity index (χ4v) is 3.64. The summed E-state index contributed by atoms with van der Waals surface area (Å²) >= 11 is 0. The van der Waals surface area contributed by atoms with Gasteiger partial charge in [-0.1, -0.05) is 110 Å². The average Bonchev–Trinajstić information content (AvgIpc) is 2.58. The minimum atomic E-state index is 0.988. The highest BCUT2D eigenvalue weighted by Crippen LogP contribution is 2.27. The molecule has 0 aliphatic rings. The van der Waals surface area contributed by atoms with E-state index in [2.05, 4.69) is 39.8 Å². The third-order valence-corrected chi connectivity index (χ3v) is 5.42. The average molecular weight is 323 g/mol. The molecule has 138 valence electrons. The summed E-state index contributed by atoms with van der Waals surface area (Å²) in [6.07, 6.45) is 25.8. The first-order valence-corrected chi connectivity index (χ1v) is 10.9. The van der Waals surface area contributed by atoms with Gasteiger partial charge in [-0.2, -0.15) is 0 Å². The van der Waals surface area contributed by atoms with E-state index in [4.69, 9.17) is 0 Å². The highest BCUT2D eigenvalue weighted by atomic mass is 14.2. The number of hydrogen-bond donors (Lipinski definition) is 0. The second-order valence-electron chi connectivity index (χ2n) is 7.50. The predicted octanol–water partition coefficient (Wildman–Crippen LogP) is 8.71. The highest BCUT2D eigenvalue weighted by Gasteiger charge is 2.13. The van der Waals surface area contributed by atoms with Gasteiger partial charge in [-0.3, -0.25) is 0 Å². The first-order valence-electron chi connectivity index (χ1n) is 10.9. The molecule has 23 heavy (non-hydrogen) atoms. The Hall–Kier alpha value is -0.260. The van der Waals surface area contributed by atoms with E-state index < -0.39 is 0 Å². The lowest BCUT2D eigenvalue weighted by atomic mass is 9.84. The third-order valence-electron chi connectivity index (χ3n) is 5.42. The van der Waals surface area contributed by atoms with Crippen LogP contribution in [0.15, 0.2) is 12.2 Å². The molecular weight excluding hydrogens is 276 g/mol. The Morgan fingerprint density at radius 2 is 1.17 bits per heavy atom. The minimum Gasteiger partial charge on any atom is -0.0888 e. The van der Waals surface area contributed by atoms with Crippen molar-refractivity contribution in [3.8, 4) is 0 Å². The van der Waals surface area contributed by atoms with Crippen LogP contribution in [0.2, 0.25) is 0 Å². The molecule has 0 saturated carbocycles. The monoisotopic (exact) mass is 322 g/mol. The summed E-state index contributed by atoms with van der Waals surface area (Å²) in [4.78, 5) is 0. The van der Waals surface area contributed by atoms with Crippen molar-refractivity contribution in [3.05, 3.63) is 12.2 Å². The number of rotatable bonds is 17. The van der Waals surface area contributed by atoms with Gasteiger partial charge in [-0.25, -0.2) is 0 Å². The second-order valence-corrected chi connectivity index (χ2v) is 7.50. The summed E-state index contributed by atoms with van der Waals surface area (Å²) in [5.74, 6) is 1.98. The number of allylic oxidation sites excluding steroid dienone is 2. The lowest BCUT2D eigenvalue weighted by molar-refractivity contribution is 0.307. The Morgan fingerprint density at radius 1 is 0.609 bits per heavy atom. The lowest BCUT2D eigenvalue weighted by Gasteiger charge is -2.22. The van der Waals surface area contributed by atoms with Crippen molar-refractivity contribution in [2.45, 2.75) is 124 Å². The Balaban J connectivity index is 3.75. The minimum absolute atomic E-state index is 0.988. The molecule has 0 N–H and O–H groups in total. The van der Waals surface area contributed by atoms with Gasteiger partial charge in [0.15, 0.2) is 0 Å². The van der Waals surface area contributed by atoms with Crippen LogP contribution in [0.4, 0.5) is 0 Å². The van der Waals surface area contributed by atoms with Gasteiger partial charge in [0.1, 0.15) is 0 Å². The predicted molar refractivity (Wildman–Crippen MR) is 108 cm³/mol. The number of unbranched alkanes of at least 4 members (excludes halogenated alkanes) is 7. The maximum Gasteiger partial charge on any atom is -0.0351 e. The summed E-state index contributed by atoms with van der Waals surface area (Å²) in [6, 6.07) is 0. The van der Waals surface area contributed by atoms with Crippen LogP contribution >= 0.6 is 0 Å². The van der Waals surface area contributed by atoms with Crippen molar-refractivity contribution in [2.24, 2.45) is 11.8 Å². The maximum atomic E-state index is 2.41. The van der Waals surface area contributed by atoms with E-state index >= 15 is 0 Å². The topological polar surface area (TPSA) is 0 Å². The van der Waals surface area contributed by atoms with Gasteiger partial charge in [0.05, 0.1) is 0 Å². The fourth-order valence-electron chi connectivity index (χ4n) is 3.64. The molecule has 0 aromatic carbocycles. The van der Waals surface area contributed by atoms with Crippen molar-refractivity contribution < 1.29 is 0 Å². The van der Waals surface area contributed by atoms with E-state index in [1.807, 2.05) is 0 Å². The molecule has 2 atom stereocenters. The van der Waals surface area contributed by atoms with Crippen LogP contribution < -0.4 is 0 Å². The van der Waals surface area contributed by atoms with Gasteiger partial charge in [-0.05, 0) is 37.5 Å². The van der Waals surface area contributed by atoms with Crippen molar-refractivity contribution in [3.63, 3.8) is 0 Å². The molecule has 2 unspecified atom stereocenters. The molecule has 0 spiro atoms. The molecule has 0 aliphatic heterocycles. The molecule has 0 rings (SSSR count). The van der Waals surface area contributed by atoms with Gasteiger partial charge in [-0.15, -0.1) is 0 Å². The highest BCUT2D eigenvalue weighted by molar-refractivity contribution is 4.79. The molecule has 0 heteroatoms. The van der Waals surface area contributed by atoms with E-state index in [0.29, 0.717) is 0 Å². The van der Waals surface area contributed by atoms with Gasteiger partial charge in [0.2, 0.25) is 0 Å². The maximum absolute atomic E-state index is 2.41. The first-order chi connectivity index (χ1) is 11.3. The molecule has 0 heterocycles. The van der Waals surface area contributed by atoms with Crippen LogP contribution in [-0.2, 0) is 0 Å². The van der Waals surface area contributed by atoms with E-state index in [-0.39, 0.29) is 0 Å². The molecule has 0 radical (unpaired) electrons. The summed E-state index contributed by atoms with van der Waals surface area (Å²) in [6.45, 7) is 9.34. The summed E-state index contributed by atoms with van der Waals surface area (Å²) in [5.41, 5.74) is 0. The van der Waals surface area contributed by atoms with Gasteiger partial charge in [0, 0.05) is 0 Å². The normalized spacial score (nSPS) is 14.4. The van der Waals surface area contributed by atoms with E-state index in [1.165, 1.54) is 96.3 Å². The Bertz CT molecular complexity index is 240. The Morgan fingerprint density at radius 3 is 1.70 bits per heavy atom. The molecule has 0 saturated heterocycles.